The average molecular weight is 383 g/mol. The van der Waals surface area contributed by atoms with Gasteiger partial charge in [0.2, 0.25) is 5.56 Å². The number of aliphatic imine (C=N–C) groups is 1. The smallest absolute Gasteiger partial charge is 0.250 e. The molecule has 0 saturated heterocycles. The zero-order valence-electron chi connectivity index (χ0n) is 17.6. The molecule has 2 aromatic rings. The number of aromatic nitrogens is 1. The van der Waals surface area contributed by atoms with Gasteiger partial charge in [-0.3, -0.25) is 9.79 Å². The Balaban J connectivity index is 1.74. The highest BCUT2D eigenvalue weighted by atomic mass is 16.1. The summed E-state index contributed by atoms with van der Waals surface area (Å²) in [7, 11) is 1.79. The second kappa shape index (κ2) is 11.3. The molecule has 1 atom stereocenters. The highest BCUT2D eigenvalue weighted by Gasteiger charge is 2.08. The van der Waals surface area contributed by atoms with E-state index in [1.165, 1.54) is 11.1 Å². The lowest BCUT2D eigenvalue weighted by Gasteiger charge is -2.19. The SMILES string of the molecule is CN=C(NCCCCn1ccccc1=O)NC(C)c1ccc(CC(C)C)cc1. The Hall–Kier alpha value is -2.56. The molecule has 1 aromatic heterocycles. The van der Waals surface area contributed by atoms with Crippen LogP contribution >= 0.6 is 0 Å². The van der Waals surface area contributed by atoms with Gasteiger partial charge in [0.15, 0.2) is 5.96 Å². The zero-order chi connectivity index (χ0) is 20.4. The molecular weight excluding hydrogens is 348 g/mol. The van der Waals surface area contributed by atoms with E-state index in [1.54, 1.807) is 23.7 Å². The van der Waals surface area contributed by atoms with Gasteiger partial charge < -0.3 is 15.2 Å². The molecule has 0 radical (unpaired) electrons. The van der Waals surface area contributed by atoms with Crippen LogP contribution in [0.25, 0.3) is 0 Å². The molecule has 2 N–H and O–H groups in total. The van der Waals surface area contributed by atoms with Gasteiger partial charge in [0, 0.05) is 32.4 Å². The summed E-state index contributed by atoms with van der Waals surface area (Å²) in [6, 6.07) is 14.3. The minimum absolute atomic E-state index is 0.0566. The minimum atomic E-state index is 0.0566. The molecular formula is C23H34N4O. The van der Waals surface area contributed by atoms with Gasteiger partial charge >= 0.3 is 0 Å². The maximum atomic E-state index is 11.7. The van der Waals surface area contributed by atoms with E-state index in [1.807, 2.05) is 12.3 Å². The van der Waals surface area contributed by atoms with Crippen LogP contribution in [-0.2, 0) is 13.0 Å². The number of guanidine groups is 1. The van der Waals surface area contributed by atoms with E-state index in [2.05, 4.69) is 60.7 Å². The van der Waals surface area contributed by atoms with Crippen molar-refractivity contribution < 1.29 is 0 Å². The summed E-state index contributed by atoms with van der Waals surface area (Å²) in [5.41, 5.74) is 2.69. The van der Waals surface area contributed by atoms with E-state index in [9.17, 15) is 4.79 Å². The lowest BCUT2D eigenvalue weighted by atomic mass is 10.00. The standard InChI is InChI=1S/C23H34N4O/c1-18(2)17-20-10-12-21(13-11-20)19(3)26-23(24-4)25-14-6-8-16-27-15-7-5-9-22(27)28/h5,7,9-13,15,18-19H,6,8,14,16-17H2,1-4H3,(H2,24,25,26). The first kappa shape index (κ1) is 21.7. The first-order chi connectivity index (χ1) is 13.5. The Morgan fingerprint density at radius 3 is 2.46 bits per heavy atom. The van der Waals surface area contributed by atoms with E-state index in [4.69, 9.17) is 0 Å². The van der Waals surface area contributed by atoms with E-state index in [-0.39, 0.29) is 11.6 Å². The van der Waals surface area contributed by atoms with Crippen molar-refractivity contribution in [1.29, 1.82) is 0 Å². The molecule has 0 aliphatic rings. The maximum Gasteiger partial charge on any atom is 0.250 e. The van der Waals surface area contributed by atoms with Crippen LogP contribution in [0.2, 0.25) is 0 Å². The highest BCUT2D eigenvalue weighted by molar-refractivity contribution is 5.80. The van der Waals surface area contributed by atoms with Crippen molar-refractivity contribution in [2.24, 2.45) is 10.9 Å². The predicted octanol–water partition coefficient (Wildman–Crippen LogP) is 3.75. The molecule has 1 aromatic carbocycles. The summed E-state index contributed by atoms with van der Waals surface area (Å²) in [6.45, 7) is 8.19. The molecule has 0 saturated carbocycles. The number of nitrogens with one attached hydrogen (secondary N) is 2. The number of unbranched alkanes of at least 4 members (excludes halogenated alkanes) is 1. The number of rotatable bonds is 9. The Kier molecular flexibility index (Phi) is 8.79. The third kappa shape index (κ3) is 7.22. The molecule has 0 bridgehead atoms. The Labute approximate surface area is 168 Å². The molecule has 2 rings (SSSR count). The van der Waals surface area contributed by atoms with Crippen LogP contribution in [0.5, 0.6) is 0 Å². The van der Waals surface area contributed by atoms with Gasteiger partial charge in [0.05, 0.1) is 6.04 Å². The van der Waals surface area contributed by atoms with Crippen LogP contribution in [0, 0.1) is 5.92 Å². The topological polar surface area (TPSA) is 58.4 Å². The number of nitrogens with zero attached hydrogens (tertiary/aromatic N) is 2. The zero-order valence-corrected chi connectivity index (χ0v) is 17.6. The molecule has 0 aliphatic carbocycles. The lowest BCUT2D eigenvalue weighted by molar-refractivity contribution is 0.582. The Bertz CT molecular complexity index is 793. The van der Waals surface area contributed by atoms with Crippen molar-refractivity contribution >= 4 is 5.96 Å². The number of pyridine rings is 1. The third-order valence-corrected chi connectivity index (χ3v) is 4.72. The summed E-state index contributed by atoms with van der Waals surface area (Å²) >= 11 is 0. The summed E-state index contributed by atoms with van der Waals surface area (Å²) in [4.78, 5) is 16.0. The number of hydrogen-bond acceptors (Lipinski definition) is 2. The van der Waals surface area contributed by atoms with E-state index >= 15 is 0 Å². The number of hydrogen-bond donors (Lipinski definition) is 2. The molecule has 0 fully saturated rings. The molecule has 0 aliphatic heterocycles. The molecule has 0 spiro atoms. The minimum Gasteiger partial charge on any atom is -0.356 e. The normalized spacial score (nSPS) is 12.8. The molecule has 0 amide bonds. The monoisotopic (exact) mass is 382 g/mol. The second-order valence-electron chi connectivity index (χ2n) is 7.64. The van der Waals surface area contributed by atoms with Gasteiger partial charge in [0.1, 0.15) is 0 Å². The van der Waals surface area contributed by atoms with Crippen LogP contribution in [0.15, 0.2) is 58.4 Å². The number of benzene rings is 1. The largest absolute Gasteiger partial charge is 0.356 e. The van der Waals surface area contributed by atoms with Gasteiger partial charge in [-0.05, 0) is 49.3 Å². The van der Waals surface area contributed by atoms with Gasteiger partial charge in [-0.15, -0.1) is 0 Å². The van der Waals surface area contributed by atoms with Crippen molar-refractivity contribution in [2.75, 3.05) is 13.6 Å². The van der Waals surface area contributed by atoms with Crippen LogP contribution in [0.1, 0.15) is 50.8 Å². The third-order valence-electron chi connectivity index (χ3n) is 4.72. The van der Waals surface area contributed by atoms with E-state index in [0.29, 0.717) is 5.92 Å². The van der Waals surface area contributed by atoms with Gasteiger partial charge in [-0.1, -0.05) is 44.2 Å². The summed E-state index contributed by atoms with van der Waals surface area (Å²) in [6.07, 6.45) is 4.87. The number of aryl methyl sites for hydroxylation is 1. The average Bonchev–Trinajstić information content (AvgIpc) is 2.68. The van der Waals surface area contributed by atoms with Crippen LogP contribution in [0.3, 0.4) is 0 Å². The van der Waals surface area contributed by atoms with Crippen LogP contribution < -0.4 is 16.2 Å². The fourth-order valence-corrected chi connectivity index (χ4v) is 3.16. The molecule has 28 heavy (non-hydrogen) atoms. The van der Waals surface area contributed by atoms with Crippen molar-refractivity contribution in [3.8, 4) is 0 Å². The quantitative estimate of drug-likeness (QED) is 0.394. The molecule has 5 heteroatoms. The molecule has 5 nitrogen and oxygen atoms in total. The highest BCUT2D eigenvalue weighted by Crippen LogP contribution is 2.15. The molecule has 1 unspecified atom stereocenters. The predicted molar refractivity (Wildman–Crippen MR) is 118 cm³/mol. The fourth-order valence-electron chi connectivity index (χ4n) is 3.16. The van der Waals surface area contributed by atoms with Gasteiger partial charge in [-0.25, -0.2) is 0 Å². The summed E-state index contributed by atoms with van der Waals surface area (Å²) in [5.74, 6) is 1.47. The van der Waals surface area contributed by atoms with Crippen LogP contribution in [-0.4, -0.2) is 24.1 Å². The van der Waals surface area contributed by atoms with Gasteiger partial charge in [-0.2, -0.15) is 0 Å². The second-order valence-corrected chi connectivity index (χ2v) is 7.64. The van der Waals surface area contributed by atoms with E-state index in [0.717, 1.165) is 38.3 Å². The van der Waals surface area contributed by atoms with Crippen molar-refractivity contribution in [3.63, 3.8) is 0 Å². The van der Waals surface area contributed by atoms with Gasteiger partial charge in [0.25, 0.3) is 0 Å². The lowest BCUT2D eigenvalue weighted by Crippen LogP contribution is -2.39. The van der Waals surface area contributed by atoms with Crippen molar-refractivity contribution in [2.45, 2.75) is 52.6 Å². The van der Waals surface area contributed by atoms with Crippen molar-refractivity contribution in [3.05, 3.63) is 70.1 Å². The molecule has 152 valence electrons. The van der Waals surface area contributed by atoms with Crippen LogP contribution in [0.4, 0.5) is 0 Å². The fraction of sp³-hybridized carbons (Fsp3) is 0.478. The van der Waals surface area contributed by atoms with Crippen molar-refractivity contribution in [1.82, 2.24) is 15.2 Å². The summed E-state index contributed by atoms with van der Waals surface area (Å²) in [5, 5.41) is 6.80. The Morgan fingerprint density at radius 1 is 1.07 bits per heavy atom. The Morgan fingerprint density at radius 2 is 1.82 bits per heavy atom. The maximum absolute atomic E-state index is 11.7. The first-order valence-electron chi connectivity index (χ1n) is 10.2. The first-order valence-corrected chi connectivity index (χ1v) is 10.2. The molecule has 1 heterocycles. The summed E-state index contributed by atoms with van der Waals surface area (Å²) < 4.78 is 1.75. The van der Waals surface area contributed by atoms with E-state index < -0.39 is 0 Å².